The molecule has 0 radical (unpaired) electrons. The molecule has 1 amide bonds. The Morgan fingerprint density at radius 3 is 2.18 bits per heavy atom. The Bertz CT molecular complexity index is 1890. The molecule has 3 aromatic carbocycles. The van der Waals surface area contributed by atoms with E-state index in [1.807, 2.05) is 27.7 Å². The van der Waals surface area contributed by atoms with Crippen molar-refractivity contribution in [1.29, 1.82) is 0 Å². The Balaban J connectivity index is 0.00000285. The highest BCUT2D eigenvalue weighted by molar-refractivity contribution is 8.00. The molecule has 298 valence electrons. The largest absolute Gasteiger partial charge is 0.496 e. The summed E-state index contributed by atoms with van der Waals surface area (Å²) in [6, 6.07) is 13.2. The van der Waals surface area contributed by atoms with Gasteiger partial charge in [-0.3, -0.25) is 9.69 Å². The van der Waals surface area contributed by atoms with Crippen LogP contribution >= 0.6 is 11.8 Å². The molecule has 55 heavy (non-hydrogen) atoms. The molecule has 0 spiro atoms. The predicted molar refractivity (Wildman–Crippen MR) is 208 cm³/mol. The van der Waals surface area contributed by atoms with Gasteiger partial charge in [0, 0.05) is 40.4 Å². The Morgan fingerprint density at radius 2 is 1.58 bits per heavy atom. The fraction of sp³-hybridized carbons (Fsp3) is 0.476. The number of amides is 1. The fourth-order valence-electron chi connectivity index (χ4n) is 7.46. The van der Waals surface area contributed by atoms with Gasteiger partial charge < -0.3 is 15.0 Å². The van der Waals surface area contributed by atoms with E-state index in [2.05, 4.69) is 15.1 Å². The maximum atomic E-state index is 14.7. The number of thioether (sulfide) groups is 1. The molecule has 4 aromatic rings. The van der Waals surface area contributed by atoms with Crippen LogP contribution in [0.4, 0.5) is 26.3 Å². The van der Waals surface area contributed by atoms with Gasteiger partial charge in [0.25, 0.3) is 5.91 Å². The van der Waals surface area contributed by atoms with E-state index in [1.165, 1.54) is 61.7 Å². The van der Waals surface area contributed by atoms with Gasteiger partial charge in [-0.2, -0.15) is 26.3 Å². The second-order valence-electron chi connectivity index (χ2n) is 14.0. The van der Waals surface area contributed by atoms with E-state index in [4.69, 9.17) is 9.72 Å². The number of piperidine rings is 2. The first kappa shape index (κ1) is 42.3. The zero-order chi connectivity index (χ0) is 39.9. The third-order valence-electron chi connectivity index (χ3n) is 10.0. The lowest BCUT2D eigenvalue weighted by molar-refractivity contribution is -0.155. The summed E-state index contributed by atoms with van der Waals surface area (Å²) in [7, 11) is 1.47. The van der Waals surface area contributed by atoms with Crippen LogP contribution in [-0.4, -0.2) is 71.4 Å². The van der Waals surface area contributed by atoms with E-state index < -0.39 is 29.9 Å². The zero-order valence-electron chi connectivity index (χ0n) is 32.0. The predicted octanol–water partition coefficient (Wildman–Crippen LogP) is 10.9. The molecule has 2 saturated heterocycles. The Morgan fingerprint density at radius 1 is 0.909 bits per heavy atom. The number of likely N-dealkylation sites (tertiary alicyclic amines) is 2. The van der Waals surface area contributed by atoms with E-state index in [9.17, 15) is 31.1 Å². The summed E-state index contributed by atoms with van der Waals surface area (Å²) in [6.07, 6.45) is -4.25. The number of carbonyl (C=O) groups is 1. The van der Waals surface area contributed by atoms with E-state index in [0.717, 1.165) is 50.9 Å². The number of methoxy groups -OCH3 is 1. The van der Waals surface area contributed by atoms with Gasteiger partial charge in [0.05, 0.1) is 34.3 Å². The van der Waals surface area contributed by atoms with Crippen LogP contribution in [0.5, 0.6) is 5.75 Å². The van der Waals surface area contributed by atoms with Crippen LogP contribution in [-0.2, 0) is 12.7 Å². The average Bonchev–Trinajstić information content (AvgIpc) is 3.17. The van der Waals surface area contributed by atoms with Gasteiger partial charge in [-0.25, -0.2) is 4.98 Å². The van der Waals surface area contributed by atoms with E-state index in [1.54, 1.807) is 18.2 Å². The third kappa shape index (κ3) is 10.3. The lowest BCUT2D eigenvalue weighted by atomic mass is 9.93. The molecule has 1 unspecified atom stereocenters. The molecule has 0 saturated carbocycles. The molecule has 3 heterocycles. The van der Waals surface area contributed by atoms with Gasteiger partial charge in [0.1, 0.15) is 5.75 Å². The van der Waals surface area contributed by atoms with Crippen molar-refractivity contribution in [1.82, 2.24) is 20.1 Å². The number of alkyl halides is 6. The summed E-state index contributed by atoms with van der Waals surface area (Å²) in [5.41, 5.74) is -0.430. The highest BCUT2D eigenvalue weighted by atomic mass is 32.2. The molecular weight excluding hydrogens is 739 g/mol. The lowest BCUT2D eigenvalue weighted by Crippen LogP contribution is -2.46. The van der Waals surface area contributed by atoms with Crippen LogP contribution in [0.3, 0.4) is 0 Å². The van der Waals surface area contributed by atoms with Crippen molar-refractivity contribution in [2.75, 3.05) is 33.3 Å². The summed E-state index contributed by atoms with van der Waals surface area (Å²) in [5, 5.41) is 2.65. The van der Waals surface area contributed by atoms with Crippen molar-refractivity contribution in [2.24, 2.45) is 0 Å². The zero-order valence-corrected chi connectivity index (χ0v) is 32.8. The number of hydrogen-bond acceptors (Lipinski definition) is 6. The summed E-state index contributed by atoms with van der Waals surface area (Å²) >= 11 is 1.46. The molecule has 1 aromatic heterocycles. The van der Waals surface area contributed by atoms with Crippen LogP contribution in [0.15, 0.2) is 71.6 Å². The summed E-state index contributed by atoms with van der Waals surface area (Å²) in [4.78, 5) is 24.8. The van der Waals surface area contributed by atoms with Gasteiger partial charge in [-0.05, 0) is 75.6 Å². The summed E-state index contributed by atoms with van der Waals surface area (Å²) < 4.78 is 91.9. The minimum atomic E-state index is -4.85. The lowest BCUT2D eigenvalue weighted by Gasteiger charge is -2.40. The second kappa shape index (κ2) is 18.4. The topological polar surface area (TPSA) is 57.7 Å². The molecular formula is C42H50F6N4O2S. The molecule has 13 heteroatoms. The molecule has 0 bridgehead atoms. The van der Waals surface area contributed by atoms with Crippen molar-refractivity contribution in [3.05, 3.63) is 89.0 Å². The van der Waals surface area contributed by atoms with Crippen molar-refractivity contribution in [3.8, 4) is 17.0 Å². The number of halogens is 6. The van der Waals surface area contributed by atoms with Gasteiger partial charge in [0.15, 0.2) is 6.04 Å². The number of benzene rings is 3. The number of ether oxygens (including phenoxy) is 1. The Kier molecular flexibility index (Phi) is 14.2. The average molecular weight is 789 g/mol. The molecule has 1 atom stereocenters. The summed E-state index contributed by atoms with van der Waals surface area (Å²) in [6.45, 7) is 11.4. The number of carbonyl (C=O) groups excluding carboxylic acids is 1. The van der Waals surface area contributed by atoms with Crippen molar-refractivity contribution >= 4 is 28.6 Å². The SMILES string of the molecule is CC.COc1cc2nc(-c3cccc(C(F)(F)F)c3)c(CN3CCC(N4CCCCC4)CC3)c(C(=O)NC(c3ccccc3)C(F)(F)F)c2cc1SC(C)C. The highest BCUT2D eigenvalue weighted by Crippen LogP contribution is 2.41. The van der Waals surface area contributed by atoms with E-state index in [0.29, 0.717) is 29.8 Å². The van der Waals surface area contributed by atoms with Gasteiger partial charge in [0.2, 0.25) is 0 Å². The van der Waals surface area contributed by atoms with Gasteiger partial charge >= 0.3 is 12.4 Å². The molecule has 2 aliphatic heterocycles. The Labute approximate surface area is 324 Å². The molecule has 6 rings (SSSR count). The molecule has 6 nitrogen and oxygen atoms in total. The molecule has 2 aliphatic rings. The van der Waals surface area contributed by atoms with Crippen LogP contribution in [0.2, 0.25) is 0 Å². The van der Waals surface area contributed by atoms with Crippen LogP contribution in [0.25, 0.3) is 22.2 Å². The minimum absolute atomic E-state index is 0.0565. The van der Waals surface area contributed by atoms with Crippen molar-refractivity contribution in [3.63, 3.8) is 0 Å². The van der Waals surface area contributed by atoms with E-state index in [-0.39, 0.29) is 50.6 Å². The molecule has 2 fully saturated rings. The van der Waals surface area contributed by atoms with Crippen molar-refractivity contribution in [2.45, 2.75) is 101 Å². The van der Waals surface area contributed by atoms with Crippen molar-refractivity contribution < 1.29 is 35.9 Å². The number of rotatable bonds is 10. The highest BCUT2D eigenvalue weighted by Gasteiger charge is 2.43. The number of nitrogens with one attached hydrogen (secondary N) is 1. The van der Waals surface area contributed by atoms with Crippen LogP contribution < -0.4 is 10.1 Å². The van der Waals surface area contributed by atoms with Crippen LogP contribution in [0, 0.1) is 0 Å². The van der Waals surface area contributed by atoms with E-state index >= 15 is 0 Å². The molecule has 0 aliphatic carbocycles. The normalized spacial score (nSPS) is 16.8. The fourth-order valence-corrected chi connectivity index (χ4v) is 8.42. The maximum absolute atomic E-state index is 14.7. The smallest absolute Gasteiger partial charge is 0.416 e. The van der Waals surface area contributed by atoms with Gasteiger partial charge in [-0.1, -0.05) is 76.6 Å². The number of nitrogens with zero attached hydrogens (tertiary/aromatic N) is 3. The number of hydrogen-bond donors (Lipinski definition) is 1. The third-order valence-corrected chi connectivity index (χ3v) is 11.1. The quantitative estimate of drug-likeness (QED) is 0.128. The standard InChI is InChI=1S/C40H44F6N4O2S.C2H6/c1-25(2)53-34-22-30-32(23-33(34)52-3)47-36(27-13-10-14-28(21-27)39(41,42)43)31(24-49-19-15-29(16-20-49)50-17-8-5-9-18-50)35(30)38(51)48-37(40(44,45)46)26-11-6-4-7-12-26;1-2/h4,6-7,10-14,21-23,25,29,37H,5,8-9,15-20,24H2,1-3H3,(H,48,51);1-2H3. The number of pyridine rings is 1. The Hall–Kier alpha value is -3.81. The minimum Gasteiger partial charge on any atom is -0.496 e. The first-order valence-corrected chi connectivity index (χ1v) is 19.9. The first-order valence-electron chi connectivity index (χ1n) is 19.0. The monoisotopic (exact) mass is 788 g/mol. The second-order valence-corrected chi connectivity index (χ2v) is 15.7. The van der Waals surface area contributed by atoms with Crippen LogP contribution in [0.1, 0.15) is 92.9 Å². The molecule has 1 N–H and O–H groups in total. The first-order chi connectivity index (χ1) is 26.2. The van der Waals surface area contributed by atoms with Gasteiger partial charge in [-0.15, -0.1) is 11.8 Å². The maximum Gasteiger partial charge on any atom is 0.416 e. The summed E-state index contributed by atoms with van der Waals surface area (Å²) in [5.74, 6) is -0.573. The number of aromatic nitrogens is 1. The number of fused-ring (bicyclic) bond motifs is 1.